The Morgan fingerprint density at radius 1 is 1.47 bits per heavy atom. The lowest BCUT2D eigenvalue weighted by Gasteiger charge is -2.30. The summed E-state index contributed by atoms with van der Waals surface area (Å²) < 4.78 is 0. The Hall–Kier alpha value is -1.42. The highest BCUT2D eigenvalue weighted by molar-refractivity contribution is 5.80. The topological polar surface area (TPSA) is 59.2 Å². The van der Waals surface area contributed by atoms with E-state index in [-0.39, 0.29) is 23.9 Å². The molecule has 0 radical (unpaired) electrons. The van der Waals surface area contributed by atoms with Gasteiger partial charge in [0.1, 0.15) is 0 Å². The first-order valence-corrected chi connectivity index (χ1v) is 7.05. The summed E-state index contributed by atoms with van der Waals surface area (Å²) in [4.78, 5) is 18.8. The summed E-state index contributed by atoms with van der Waals surface area (Å²) in [7, 11) is 0. The molecular weight excluding hydrogens is 238 g/mol. The van der Waals surface area contributed by atoms with Crippen molar-refractivity contribution in [3.8, 4) is 0 Å². The maximum Gasteiger partial charge on any atom is 0.227 e. The van der Waals surface area contributed by atoms with Gasteiger partial charge in [-0.1, -0.05) is 12.5 Å². The molecule has 4 nitrogen and oxygen atoms in total. The van der Waals surface area contributed by atoms with Gasteiger partial charge in [0.15, 0.2) is 0 Å². The first kappa shape index (κ1) is 14.0. The number of nitrogens with two attached hydrogens (primary N) is 1. The number of carbonyl (C=O) groups is 1. The fourth-order valence-electron chi connectivity index (χ4n) is 2.69. The van der Waals surface area contributed by atoms with Crippen molar-refractivity contribution in [2.24, 2.45) is 11.7 Å². The predicted molar refractivity (Wildman–Crippen MR) is 75.2 cm³/mol. The molecule has 1 aromatic heterocycles. The number of rotatable bonds is 4. The van der Waals surface area contributed by atoms with Crippen LogP contribution in [0.3, 0.4) is 0 Å². The molecule has 4 heteroatoms. The average molecular weight is 261 g/mol. The molecule has 2 rings (SSSR count). The number of hydrogen-bond acceptors (Lipinski definition) is 3. The van der Waals surface area contributed by atoms with Gasteiger partial charge in [0.05, 0.1) is 18.2 Å². The van der Waals surface area contributed by atoms with E-state index < -0.39 is 0 Å². The zero-order valence-electron chi connectivity index (χ0n) is 11.7. The van der Waals surface area contributed by atoms with E-state index in [2.05, 4.69) is 4.98 Å². The summed E-state index contributed by atoms with van der Waals surface area (Å²) in [5.74, 6) is 0.178. The predicted octanol–water partition coefficient (Wildman–Crippen LogP) is 1.95. The Labute approximate surface area is 115 Å². The Balaban J connectivity index is 2.09. The van der Waals surface area contributed by atoms with Crippen LogP contribution in [0.15, 0.2) is 24.4 Å². The fourth-order valence-corrected chi connectivity index (χ4v) is 2.69. The summed E-state index contributed by atoms with van der Waals surface area (Å²) in [6, 6.07) is 5.99. The lowest BCUT2D eigenvalue weighted by Crippen LogP contribution is -2.44. The van der Waals surface area contributed by atoms with Crippen LogP contribution in [-0.4, -0.2) is 27.9 Å². The largest absolute Gasteiger partial charge is 0.334 e. The van der Waals surface area contributed by atoms with E-state index in [1.165, 1.54) is 0 Å². The van der Waals surface area contributed by atoms with Crippen molar-refractivity contribution in [1.82, 2.24) is 9.88 Å². The van der Waals surface area contributed by atoms with Gasteiger partial charge in [0.2, 0.25) is 5.91 Å². The summed E-state index contributed by atoms with van der Waals surface area (Å²) in [5.41, 5.74) is 6.98. The molecule has 0 spiro atoms. The summed E-state index contributed by atoms with van der Waals surface area (Å²) in [6.45, 7) is 4.66. The van der Waals surface area contributed by atoms with Crippen LogP contribution < -0.4 is 5.73 Å². The van der Waals surface area contributed by atoms with E-state index in [1.54, 1.807) is 6.20 Å². The van der Waals surface area contributed by atoms with Crippen molar-refractivity contribution in [2.75, 3.05) is 0 Å². The standard InChI is InChI=1S/C15H23N3O/c1-11(2)18(10-12-6-3-4-9-17-12)15(19)13-7-5-8-14(13)16/h3-4,6,9,11,13-14H,5,7-8,10,16H2,1-2H3. The van der Waals surface area contributed by atoms with Crippen LogP contribution in [0.25, 0.3) is 0 Å². The number of pyridine rings is 1. The molecule has 2 atom stereocenters. The van der Waals surface area contributed by atoms with E-state index in [0.717, 1.165) is 25.0 Å². The second kappa shape index (κ2) is 6.15. The van der Waals surface area contributed by atoms with Crippen molar-refractivity contribution in [2.45, 2.75) is 51.7 Å². The summed E-state index contributed by atoms with van der Waals surface area (Å²) in [5, 5.41) is 0. The van der Waals surface area contributed by atoms with Crippen molar-refractivity contribution in [3.63, 3.8) is 0 Å². The van der Waals surface area contributed by atoms with Crippen LogP contribution in [0.1, 0.15) is 38.8 Å². The quantitative estimate of drug-likeness (QED) is 0.901. The van der Waals surface area contributed by atoms with Gasteiger partial charge in [-0.3, -0.25) is 9.78 Å². The lowest BCUT2D eigenvalue weighted by molar-refractivity contribution is -0.138. The monoisotopic (exact) mass is 261 g/mol. The number of nitrogens with zero attached hydrogens (tertiary/aromatic N) is 2. The number of amides is 1. The minimum atomic E-state index is -0.00823. The molecule has 1 saturated carbocycles. The highest BCUT2D eigenvalue weighted by atomic mass is 16.2. The molecule has 19 heavy (non-hydrogen) atoms. The smallest absolute Gasteiger partial charge is 0.227 e. The first-order valence-electron chi connectivity index (χ1n) is 7.05. The number of aromatic nitrogens is 1. The molecule has 0 saturated heterocycles. The minimum absolute atomic E-state index is 0.00823. The van der Waals surface area contributed by atoms with Crippen molar-refractivity contribution in [3.05, 3.63) is 30.1 Å². The van der Waals surface area contributed by atoms with Crippen LogP contribution in [0.4, 0.5) is 0 Å². The second-order valence-electron chi connectivity index (χ2n) is 5.58. The van der Waals surface area contributed by atoms with Gasteiger partial charge in [-0.2, -0.15) is 0 Å². The van der Waals surface area contributed by atoms with Gasteiger partial charge in [-0.15, -0.1) is 0 Å². The zero-order chi connectivity index (χ0) is 13.8. The minimum Gasteiger partial charge on any atom is -0.334 e. The third kappa shape index (κ3) is 3.32. The Morgan fingerprint density at radius 2 is 2.26 bits per heavy atom. The van der Waals surface area contributed by atoms with Crippen molar-refractivity contribution < 1.29 is 4.79 Å². The van der Waals surface area contributed by atoms with E-state index in [1.807, 2.05) is 36.9 Å². The van der Waals surface area contributed by atoms with E-state index in [4.69, 9.17) is 5.73 Å². The third-order valence-corrected chi connectivity index (χ3v) is 3.85. The van der Waals surface area contributed by atoms with Crippen LogP contribution in [0.2, 0.25) is 0 Å². The average Bonchev–Trinajstić information content (AvgIpc) is 2.82. The summed E-state index contributed by atoms with van der Waals surface area (Å²) >= 11 is 0. The van der Waals surface area contributed by atoms with E-state index in [0.29, 0.717) is 6.54 Å². The number of hydrogen-bond donors (Lipinski definition) is 1. The highest BCUT2D eigenvalue weighted by Crippen LogP contribution is 2.27. The Kier molecular flexibility index (Phi) is 4.53. The zero-order valence-corrected chi connectivity index (χ0v) is 11.7. The summed E-state index contributed by atoms with van der Waals surface area (Å²) in [6.07, 6.45) is 4.71. The maximum absolute atomic E-state index is 12.6. The van der Waals surface area contributed by atoms with Gasteiger partial charge in [0.25, 0.3) is 0 Å². The highest BCUT2D eigenvalue weighted by Gasteiger charge is 2.34. The number of carbonyl (C=O) groups excluding carboxylic acids is 1. The molecule has 1 aromatic rings. The molecule has 1 fully saturated rings. The van der Waals surface area contributed by atoms with Gasteiger partial charge >= 0.3 is 0 Å². The van der Waals surface area contributed by atoms with Crippen LogP contribution in [0.5, 0.6) is 0 Å². The molecule has 0 aromatic carbocycles. The van der Waals surface area contributed by atoms with E-state index in [9.17, 15) is 4.79 Å². The molecule has 0 aliphatic heterocycles. The van der Waals surface area contributed by atoms with Gasteiger partial charge < -0.3 is 10.6 Å². The molecule has 2 N–H and O–H groups in total. The molecule has 1 aliphatic carbocycles. The van der Waals surface area contributed by atoms with E-state index >= 15 is 0 Å². The maximum atomic E-state index is 12.6. The molecule has 1 amide bonds. The first-order chi connectivity index (χ1) is 9.09. The van der Waals surface area contributed by atoms with Gasteiger partial charge in [-0.25, -0.2) is 0 Å². The van der Waals surface area contributed by atoms with Crippen molar-refractivity contribution in [1.29, 1.82) is 0 Å². The third-order valence-electron chi connectivity index (χ3n) is 3.85. The second-order valence-corrected chi connectivity index (χ2v) is 5.58. The normalized spacial score (nSPS) is 22.7. The molecular formula is C15H23N3O. The van der Waals surface area contributed by atoms with Crippen LogP contribution in [0, 0.1) is 5.92 Å². The lowest BCUT2D eigenvalue weighted by atomic mass is 10.0. The van der Waals surface area contributed by atoms with Crippen LogP contribution >= 0.6 is 0 Å². The molecule has 2 unspecified atom stereocenters. The molecule has 1 aliphatic rings. The molecule has 104 valence electrons. The Bertz CT molecular complexity index is 419. The van der Waals surface area contributed by atoms with Gasteiger partial charge in [-0.05, 0) is 38.8 Å². The fraction of sp³-hybridized carbons (Fsp3) is 0.600. The van der Waals surface area contributed by atoms with Gasteiger partial charge in [0, 0.05) is 18.3 Å². The van der Waals surface area contributed by atoms with Crippen molar-refractivity contribution >= 4 is 5.91 Å². The SMILES string of the molecule is CC(C)N(Cc1ccccn1)C(=O)C1CCCC1N. The molecule has 1 heterocycles. The molecule has 0 bridgehead atoms. The van der Waals surface area contributed by atoms with Crippen LogP contribution in [-0.2, 0) is 11.3 Å². The Morgan fingerprint density at radius 3 is 2.79 bits per heavy atom.